The zero-order valence-corrected chi connectivity index (χ0v) is 11.2. The van der Waals surface area contributed by atoms with E-state index in [1.54, 1.807) is 4.90 Å². The Hall–Kier alpha value is -1.75. The highest BCUT2D eigenvalue weighted by Gasteiger charge is 2.30. The number of nitrogen functional groups attached to an aromatic ring is 1. The van der Waals surface area contributed by atoms with Gasteiger partial charge in [-0.05, 0) is 30.5 Å². The maximum atomic E-state index is 12.0. The van der Waals surface area contributed by atoms with E-state index < -0.39 is 0 Å². The van der Waals surface area contributed by atoms with Gasteiger partial charge in [0.05, 0.1) is 17.3 Å². The third-order valence-electron chi connectivity index (χ3n) is 3.56. The van der Waals surface area contributed by atoms with Crippen molar-refractivity contribution in [2.45, 2.75) is 18.8 Å². The quantitative estimate of drug-likeness (QED) is 0.547. The second-order valence-electron chi connectivity index (χ2n) is 4.95. The number of nitrogens with zero attached hydrogens (tertiary/aromatic N) is 1. The van der Waals surface area contributed by atoms with Gasteiger partial charge in [-0.15, -0.1) is 0 Å². The van der Waals surface area contributed by atoms with Crippen molar-refractivity contribution >= 4 is 17.3 Å². The third-order valence-corrected chi connectivity index (χ3v) is 3.56. The smallest absolute Gasteiger partial charge is 0.229 e. The fourth-order valence-corrected chi connectivity index (χ4v) is 2.39. The normalized spacial score (nSPS) is 18.9. The van der Waals surface area contributed by atoms with Crippen LogP contribution in [0.25, 0.3) is 0 Å². The minimum atomic E-state index is -0.0567. The Labute approximate surface area is 113 Å². The molecule has 1 aromatic carbocycles. The second-order valence-corrected chi connectivity index (χ2v) is 4.95. The van der Waals surface area contributed by atoms with Crippen molar-refractivity contribution in [1.82, 2.24) is 4.90 Å². The van der Waals surface area contributed by atoms with E-state index in [9.17, 15) is 4.79 Å². The Morgan fingerprint density at radius 3 is 2.89 bits per heavy atom. The summed E-state index contributed by atoms with van der Waals surface area (Å²) in [4.78, 5) is 13.7. The molecule has 5 heteroatoms. The van der Waals surface area contributed by atoms with Crippen LogP contribution in [-0.2, 0) is 4.79 Å². The predicted molar refractivity (Wildman–Crippen MR) is 76.0 cm³/mol. The van der Waals surface area contributed by atoms with Crippen molar-refractivity contribution in [3.05, 3.63) is 23.8 Å². The summed E-state index contributed by atoms with van der Waals surface area (Å²) in [5, 5.41) is 11.9. The summed E-state index contributed by atoms with van der Waals surface area (Å²) in [6.07, 6.45) is 1.54. The Morgan fingerprint density at radius 2 is 2.32 bits per heavy atom. The van der Waals surface area contributed by atoms with Gasteiger partial charge in [-0.3, -0.25) is 4.79 Å². The number of aliphatic hydroxyl groups excluding tert-OH is 1. The average Bonchev–Trinajstić information content (AvgIpc) is 2.72. The van der Waals surface area contributed by atoms with Gasteiger partial charge in [0.1, 0.15) is 0 Å². The van der Waals surface area contributed by atoms with Crippen molar-refractivity contribution in [2.24, 2.45) is 0 Å². The van der Waals surface area contributed by atoms with Gasteiger partial charge in [0.25, 0.3) is 0 Å². The minimum Gasteiger partial charge on any atom is -0.397 e. The molecule has 104 valence electrons. The molecular formula is C14H21N3O2. The molecule has 1 heterocycles. The number of likely N-dealkylation sites (tertiary alicyclic amines) is 1. The zero-order chi connectivity index (χ0) is 13.8. The van der Waals surface area contributed by atoms with Crippen molar-refractivity contribution in [1.29, 1.82) is 0 Å². The molecular weight excluding hydrogens is 242 g/mol. The number of anilines is 2. The standard InChI is InChI=1S/C14H21N3O2/c1-17-7-5-11(14(17)19)10-3-4-13(12(15)9-10)16-6-2-8-18/h3-4,9,11,16,18H,2,5-8,15H2,1H3. The van der Waals surface area contributed by atoms with Crippen molar-refractivity contribution in [3.8, 4) is 0 Å². The summed E-state index contributed by atoms with van der Waals surface area (Å²) < 4.78 is 0. The van der Waals surface area contributed by atoms with E-state index in [0.29, 0.717) is 18.7 Å². The van der Waals surface area contributed by atoms with E-state index in [1.165, 1.54) is 0 Å². The first kappa shape index (κ1) is 13.7. The number of benzene rings is 1. The van der Waals surface area contributed by atoms with Crippen LogP contribution in [-0.4, -0.2) is 42.7 Å². The molecule has 4 N–H and O–H groups in total. The number of aliphatic hydroxyl groups is 1. The van der Waals surface area contributed by atoms with Gasteiger partial charge in [0.15, 0.2) is 0 Å². The van der Waals surface area contributed by atoms with E-state index in [0.717, 1.165) is 24.2 Å². The molecule has 1 aromatic rings. The summed E-state index contributed by atoms with van der Waals surface area (Å²) >= 11 is 0. The number of hydrogen-bond acceptors (Lipinski definition) is 4. The van der Waals surface area contributed by atoms with Crippen LogP contribution in [0.3, 0.4) is 0 Å². The monoisotopic (exact) mass is 263 g/mol. The molecule has 1 atom stereocenters. The highest BCUT2D eigenvalue weighted by molar-refractivity contribution is 5.86. The number of rotatable bonds is 5. The van der Waals surface area contributed by atoms with Gasteiger partial charge < -0.3 is 21.1 Å². The Balaban J connectivity index is 2.08. The number of hydrogen-bond donors (Lipinski definition) is 3. The van der Waals surface area contributed by atoms with Crippen LogP contribution in [0.2, 0.25) is 0 Å². The Bertz CT molecular complexity index is 462. The van der Waals surface area contributed by atoms with Crippen molar-refractivity contribution in [3.63, 3.8) is 0 Å². The van der Waals surface area contributed by atoms with Gasteiger partial charge in [0, 0.05) is 26.7 Å². The van der Waals surface area contributed by atoms with E-state index >= 15 is 0 Å². The van der Waals surface area contributed by atoms with Crippen LogP contribution in [0, 0.1) is 0 Å². The first-order chi connectivity index (χ1) is 9.13. The lowest BCUT2D eigenvalue weighted by Crippen LogP contribution is -2.21. The third kappa shape index (κ3) is 2.98. The van der Waals surface area contributed by atoms with Crippen molar-refractivity contribution in [2.75, 3.05) is 37.8 Å². The molecule has 1 unspecified atom stereocenters. The predicted octanol–water partition coefficient (Wildman–Crippen LogP) is 1.01. The zero-order valence-electron chi connectivity index (χ0n) is 11.2. The molecule has 1 amide bonds. The fourth-order valence-electron chi connectivity index (χ4n) is 2.39. The highest BCUT2D eigenvalue weighted by Crippen LogP contribution is 2.31. The number of carbonyl (C=O) groups excluding carboxylic acids is 1. The maximum Gasteiger partial charge on any atom is 0.229 e. The van der Waals surface area contributed by atoms with E-state index in [4.69, 9.17) is 10.8 Å². The van der Waals surface area contributed by atoms with Gasteiger partial charge in [-0.1, -0.05) is 6.07 Å². The highest BCUT2D eigenvalue weighted by atomic mass is 16.3. The molecule has 0 spiro atoms. The van der Waals surface area contributed by atoms with Crippen LogP contribution in [0.4, 0.5) is 11.4 Å². The molecule has 1 aliphatic rings. The maximum absolute atomic E-state index is 12.0. The van der Waals surface area contributed by atoms with Crippen LogP contribution in [0.5, 0.6) is 0 Å². The van der Waals surface area contributed by atoms with Crippen molar-refractivity contribution < 1.29 is 9.90 Å². The van der Waals surface area contributed by atoms with Gasteiger partial charge >= 0.3 is 0 Å². The lowest BCUT2D eigenvalue weighted by molar-refractivity contribution is -0.127. The molecule has 5 nitrogen and oxygen atoms in total. The average molecular weight is 263 g/mol. The van der Waals surface area contributed by atoms with Gasteiger partial charge in [-0.25, -0.2) is 0 Å². The van der Waals surface area contributed by atoms with Crippen LogP contribution in [0.1, 0.15) is 24.3 Å². The summed E-state index contributed by atoms with van der Waals surface area (Å²) in [6.45, 7) is 1.65. The number of carbonyl (C=O) groups is 1. The number of nitrogens with two attached hydrogens (primary N) is 1. The summed E-state index contributed by atoms with van der Waals surface area (Å²) in [5.41, 5.74) is 8.50. The second kappa shape index (κ2) is 5.93. The lowest BCUT2D eigenvalue weighted by Gasteiger charge is -2.14. The topological polar surface area (TPSA) is 78.6 Å². The van der Waals surface area contributed by atoms with Crippen LogP contribution < -0.4 is 11.1 Å². The molecule has 1 fully saturated rings. The minimum absolute atomic E-state index is 0.0567. The fraction of sp³-hybridized carbons (Fsp3) is 0.500. The Kier molecular flexibility index (Phi) is 4.27. The first-order valence-corrected chi connectivity index (χ1v) is 6.62. The molecule has 0 radical (unpaired) electrons. The van der Waals surface area contributed by atoms with Crippen LogP contribution in [0.15, 0.2) is 18.2 Å². The number of nitrogens with one attached hydrogen (secondary N) is 1. The number of amides is 1. The molecule has 1 saturated heterocycles. The van der Waals surface area contributed by atoms with Crippen LogP contribution >= 0.6 is 0 Å². The Morgan fingerprint density at radius 1 is 1.53 bits per heavy atom. The lowest BCUT2D eigenvalue weighted by atomic mass is 9.97. The van der Waals surface area contributed by atoms with Gasteiger partial charge in [0.2, 0.25) is 5.91 Å². The molecule has 1 aliphatic heterocycles. The van der Waals surface area contributed by atoms with E-state index in [-0.39, 0.29) is 18.4 Å². The largest absolute Gasteiger partial charge is 0.397 e. The molecule has 2 rings (SSSR count). The van der Waals surface area contributed by atoms with Gasteiger partial charge in [-0.2, -0.15) is 0 Å². The molecule has 0 bridgehead atoms. The molecule has 0 saturated carbocycles. The molecule has 0 aromatic heterocycles. The molecule has 19 heavy (non-hydrogen) atoms. The van der Waals surface area contributed by atoms with E-state index in [2.05, 4.69) is 5.32 Å². The summed E-state index contributed by atoms with van der Waals surface area (Å²) in [7, 11) is 1.83. The summed E-state index contributed by atoms with van der Waals surface area (Å²) in [5.74, 6) is 0.110. The first-order valence-electron chi connectivity index (χ1n) is 6.62. The van der Waals surface area contributed by atoms with E-state index in [1.807, 2.05) is 25.2 Å². The molecule has 0 aliphatic carbocycles. The SMILES string of the molecule is CN1CCC(c2ccc(NCCCO)c(N)c2)C1=O. The summed E-state index contributed by atoms with van der Waals surface area (Å²) in [6, 6.07) is 5.75. The number of likely N-dealkylation sites (N-methyl/N-ethyl adjacent to an activating group) is 1.